The topological polar surface area (TPSA) is 109 Å². The first-order chi connectivity index (χ1) is 17.0. The summed E-state index contributed by atoms with van der Waals surface area (Å²) in [6, 6.07) is 7.03. The molecular weight excluding hydrogens is 442 g/mol. The molecule has 3 heterocycles. The smallest absolute Gasteiger partial charge is 0.223 e. The lowest BCUT2D eigenvalue weighted by Gasteiger charge is -2.38. The van der Waals surface area contributed by atoms with Gasteiger partial charge in [0.05, 0.1) is 30.0 Å². The summed E-state index contributed by atoms with van der Waals surface area (Å²) in [7, 11) is 1.94. The molecule has 4 unspecified atom stereocenters. The Kier molecular flexibility index (Phi) is 5.86. The summed E-state index contributed by atoms with van der Waals surface area (Å²) in [4.78, 5) is 17.4. The van der Waals surface area contributed by atoms with Crippen molar-refractivity contribution in [3.63, 3.8) is 0 Å². The van der Waals surface area contributed by atoms with E-state index >= 15 is 0 Å². The van der Waals surface area contributed by atoms with Crippen LogP contribution in [-0.2, 0) is 18.4 Å². The molecule has 1 saturated heterocycles. The van der Waals surface area contributed by atoms with Crippen LogP contribution < -0.4 is 16.2 Å². The number of imidazole rings is 1. The molecule has 2 aliphatic carbocycles. The van der Waals surface area contributed by atoms with Gasteiger partial charge < -0.3 is 15.0 Å². The van der Waals surface area contributed by atoms with E-state index in [1.165, 1.54) is 5.56 Å². The van der Waals surface area contributed by atoms with Crippen LogP contribution in [0.3, 0.4) is 0 Å². The van der Waals surface area contributed by atoms with Gasteiger partial charge in [0, 0.05) is 49.0 Å². The van der Waals surface area contributed by atoms with E-state index in [0.29, 0.717) is 24.9 Å². The second-order valence-corrected chi connectivity index (χ2v) is 10.9. The molecule has 2 aromatic heterocycles. The zero-order valence-electron chi connectivity index (χ0n) is 20.2. The van der Waals surface area contributed by atoms with Gasteiger partial charge in [0.1, 0.15) is 0 Å². The van der Waals surface area contributed by atoms with E-state index in [1.54, 1.807) is 12.5 Å². The van der Waals surface area contributed by atoms with E-state index in [-0.39, 0.29) is 23.9 Å². The van der Waals surface area contributed by atoms with Crippen molar-refractivity contribution in [1.82, 2.24) is 35.5 Å². The second-order valence-electron chi connectivity index (χ2n) is 10.9. The Morgan fingerprint density at radius 3 is 3.06 bits per heavy atom. The lowest BCUT2D eigenvalue weighted by Crippen LogP contribution is -2.49. The molecular formula is C26H35N7O2. The fourth-order valence-electron chi connectivity index (χ4n) is 6.63. The Morgan fingerprint density at radius 2 is 2.20 bits per heavy atom. The lowest BCUT2D eigenvalue weighted by molar-refractivity contribution is -0.128. The van der Waals surface area contributed by atoms with Crippen LogP contribution in [0.5, 0.6) is 0 Å². The van der Waals surface area contributed by atoms with Gasteiger partial charge in [-0.2, -0.15) is 5.10 Å². The molecule has 1 amide bonds. The van der Waals surface area contributed by atoms with Crippen LogP contribution in [0.15, 0.2) is 43.1 Å². The Morgan fingerprint density at radius 1 is 1.29 bits per heavy atom. The van der Waals surface area contributed by atoms with Crippen LogP contribution >= 0.6 is 0 Å². The highest BCUT2D eigenvalue weighted by atomic mass is 16.3. The summed E-state index contributed by atoms with van der Waals surface area (Å²) in [5.74, 6) is 0.512. The average molecular weight is 478 g/mol. The maximum atomic E-state index is 13.3. The Bertz CT molecular complexity index is 1190. The summed E-state index contributed by atoms with van der Waals surface area (Å²) in [5, 5.41) is 20.1. The number of aryl methyl sites for hydroxylation is 1. The van der Waals surface area contributed by atoms with Gasteiger partial charge in [0.2, 0.25) is 5.91 Å². The maximum absolute atomic E-state index is 13.3. The van der Waals surface area contributed by atoms with Crippen molar-refractivity contribution in [2.75, 3.05) is 0 Å². The molecule has 2 saturated carbocycles. The van der Waals surface area contributed by atoms with E-state index in [0.717, 1.165) is 49.4 Å². The third-order valence-corrected chi connectivity index (χ3v) is 8.33. The van der Waals surface area contributed by atoms with Gasteiger partial charge in [-0.3, -0.25) is 14.9 Å². The fourth-order valence-corrected chi connectivity index (χ4v) is 6.63. The SMILES string of the molecule is Cn1cc2cc(C3NNC4CCC(C(=O)N[C@@H]5CCC[C@@](O)(Cn6ccnc6)C5)CC43)ccc2n1. The Labute approximate surface area is 205 Å². The molecule has 35 heavy (non-hydrogen) atoms. The molecule has 9 nitrogen and oxygen atoms in total. The molecule has 0 spiro atoms. The number of hydrogen-bond acceptors (Lipinski definition) is 6. The molecule has 3 aromatic rings. The quantitative estimate of drug-likeness (QED) is 0.449. The zero-order valence-corrected chi connectivity index (χ0v) is 20.2. The van der Waals surface area contributed by atoms with Gasteiger partial charge in [0.15, 0.2) is 0 Å². The van der Waals surface area contributed by atoms with E-state index in [9.17, 15) is 9.90 Å². The van der Waals surface area contributed by atoms with Crippen molar-refractivity contribution >= 4 is 16.8 Å². The Balaban J connectivity index is 1.10. The first-order valence-corrected chi connectivity index (χ1v) is 12.9. The molecule has 0 radical (unpaired) electrons. The summed E-state index contributed by atoms with van der Waals surface area (Å²) >= 11 is 0. The van der Waals surface area contributed by atoms with Crippen molar-refractivity contribution in [1.29, 1.82) is 0 Å². The number of hydrazine groups is 1. The van der Waals surface area contributed by atoms with Gasteiger partial charge in [-0.05, 0) is 68.6 Å². The third kappa shape index (κ3) is 4.60. The number of fused-ring (bicyclic) bond motifs is 2. The van der Waals surface area contributed by atoms with Gasteiger partial charge in [0.25, 0.3) is 0 Å². The molecule has 3 aliphatic rings. The average Bonchev–Trinajstić information content (AvgIpc) is 3.57. The summed E-state index contributed by atoms with van der Waals surface area (Å²) in [5.41, 5.74) is 8.44. The Hall–Kier alpha value is -2.75. The zero-order chi connectivity index (χ0) is 24.0. The van der Waals surface area contributed by atoms with Crippen LogP contribution in [-0.4, -0.2) is 48.0 Å². The number of rotatable bonds is 5. The van der Waals surface area contributed by atoms with Gasteiger partial charge in [-0.1, -0.05) is 6.07 Å². The van der Waals surface area contributed by atoms with Gasteiger partial charge in [-0.15, -0.1) is 0 Å². The normalized spacial score (nSPS) is 33.0. The van der Waals surface area contributed by atoms with Crippen LogP contribution in [0.25, 0.3) is 10.9 Å². The molecule has 6 atom stereocenters. The molecule has 9 heteroatoms. The number of nitrogens with zero attached hydrogens (tertiary/aromatic N) is 4. The fraction of sp³-hybridized carbons (Fsp3) is 0.577. The number of carbonyl (C=O) groups excluding carboxylic acids is 1. The lowest BCUT2D eigenvalue weighted by atomic mass is 9.74. The number of carbonyl (C=O) groups is 1. The first-order valence-electron chi connectivity index (χ1n) is 12.9. The van der Waals surface area contributed by atoms with Crippen molar-refractivity contribution in [2.45, 2.75) is 75.2 Å². The number of aromatic nitrogens is 4. The summed E-state index contributed by atoms with van der Waals surface area (Å²) < 4.78 is 3.77. The molecule has 6 rings (SSSR count). The predicted octanol–water partition coefficient (Wildman–Crippen LogP) is 2.19. The van der Waals surface area contributed by atoms with Crippen molar-refractivity contribution < 1.29 is 9.90 Å². The molecule has 3 fully saturated rings. The minimum Gasteiger partial charge on any atom is -0.388 e. The van der Waals surface area contributed by atoms with E-state index in [4.69, 9.17) is 0 Å². The largest absolute Gasteiger partial charge is 0.388 e. The highest BCUT2D eigenvalue weighted by Gasteiger charge is 2.43. The highest BCUT2D eigenvalue weighted by Crippen LogP contribution is 2.41. The van der Waals surface area contributed by atoms with E-state index in [2.05, 4.69) is 44.5 Å². The van der Waals surface area contributed by atoms with Crippen LogP contribution in [0, 0.1) is 11.8 Å². The molecule has 186 valence electrons. The number of nitrogens with one attached hydrogen (secondary N) is 3. The van der Waals surface area contributed by atoms with Crippen LogP contribution in [0.2, 0.25) is 0 Å². The van der Waals surface area contributed by atoms with Gasteiger partial charge >= 0.3 is 0 Å². The monoisotopic (exact) mass is 477 g/mol. The second kappa shape index (κ2) is 9.04. The van der Waals surface area contributed by atoms with Crippen LogP contribution in [0.1, 0.15) is 56.6 Å². The number of benzene rings is 1. The van der Waals surface area contributed by atoms with Crippen LogP contribution in [0.4, 0.5) is 0 Å². The summed E-state index contributed by atoms with van der Waals surface area (Å²) in [6.07, 6.45) is 13.3. The molecule has 1 aromatic carbocycles. The minimum atomic E-state index is -0.802. The van der Waals surface area contributed by atoms with E-state index < -0.39 is 5.60 Å². The van der Waals surface area contributed by atoms with Crippen molar-refractivity contribution in [3.05, 3.63) is 48.7 Å². The molecule has 4 N–H and O–H groups in total. The summed E-state index contributed by atoms with van der Waals surface area (Å²) in [6.45, 7) is 0.521. The third-order valence-electron chi connectivity index (χ3n) is 8.33. The maximum Gasteiger partial charge on any atom is 0.223 e. The first kappa shape index (κ1) is 22.7. The van der Waals surface area contributed by atoms with E-state index in [1.807, 2.05) is 28.7 Å². The molecule has 1 aliphatic heterocycles. The number of aliphatic hydroxyl groups is 1. The standard InChI is InChI=1S/C26H35N7O2/c1-32-14-19-11-17(4-6-22(19)31-32)24-21-12-18(5-7-23(21)29-30-24)25(34)28-20-3-2-8-26(35,13-20)15-33-10-9-27-16-33/h4,6,9-11,14,16,18,20-21,23-24,29-30,35H,2-3,5,7-8,12-13,15H2,1H3,(H,28,34)/t18?,20-,21?,23?,24?,26+/m1/s1. The van der Waals surface area contributed by atoms with Crippen molar-refractivity contribution in [3.8, 4) is 0 Å². The van der Waals surface area contributed by atoms with Gasteiger partial charge in [-0.25, -0.2) is 10.4 Å². The highest BCUT2D eigenvalue weighted by molar-refractivity contribution is 5.80. The number of hydrogen-bond donors (Lipinski definition) is 4. The van der Waals surface area contributed by atoms with Crippen molar-refractivity contribution in [2.24, 2.45) is 18.9 Å². The number of amides is 1. The minimum absolute atomic E-state index is 0.00578. The predicted molar refractivity (Wildman–Crippen MR) is 132 cm³/mol. The molecule has 0 bridgehead atoms.